The van der Waals surface area contributed by atoms with E-state index in [0.717, 1.165) is 38.4 Å². The number of nitrogens with zero attached hydrogens (tertiary/aromatic N) is 4. The van der Waals surface area contributed by atoms with E-state index in [4.69, 9.17) is 0 Å². The fraction of sp³-hybridized carbons (Fsp3) is 0.182. The lowest BCUT2D eigenvalue weighted by Gasteiger charge is -2.28. The Bertz CT molecular complexity index is 1490. The molecule has 2 aromatic heterocycles. The molecule has 164 valence electrons. The minimum Gasteiger partial charge on any atom is -0.249 e. The molecular formula is C22H18F2N4O3S. The number of halogens is 2. The van der Waals surface area contributed by atoms with Crippen molar-refractivity contribution in [2.75, 3.05) is 6.54 Å². The Morgan fingerprint density at radius 3 is 2.44 bits per heavy atom. The van der Waals surface area contributed by atoms with Crippen molar-refractivity contribution >= 4 is 15.7 Å². The van der Waals surface area contributed by atoms with Crippen molar-refractivity contribution in [1.29, 1.82) is 0 Å². The lowest BCUT2D eigenvalue weighted by Crippen LogP contribution is -2.36. The Hall–Kier alpha value is -3.37. The first-order valence-electron chi connectivity index (χ1n) is 9.93. The quantitative estimate of drug-likeness (QED) is 0.473. The van der Waals surface area contributed by atoms with Gasteiger partial charge in [0.25, 0.3) is 0 Å². The van der Waals surface area contributed by atoms with E-state index in [-0.39, 0.29) is 29.2 Å². The van der Waals surface area contributed by atoms with Gasteiger partial charge in [0, 0.05) is 25.4 Å². The summed E-state index contributed by atoms with van der Waals surface area (Å²) in [6, 6.07) is 13.5. The highest BCUT2D eigenvalue weighted by Gasteiger charge is 2.31. The van der Waals surface area contributed by atoms with E-state index in [1.165, 1.54) is 22.6 Å². The Morgan fingerprint density at radius 2 is 1.69 bits per heavy atom. The van der Waals surface area contributed by atoms with Crippen LogP contribution in [0.3, 0.4) is 0 Å². The molecule has 4 aromatic rings. The predicted molar refractivity (Wildman–Crippen MR) is 113 cm³/mol. The van der Waals surface area contributed by atoms with Gasteiger partial charge in [-0.2, -0.15) is 4.31 Å². The minimum atomic E-state index is -3.94. The van der Waals surface area contributed by atoms with Gasteiger partial charge in [0.2, 0.25) is 10.0 Å². The number of benzene rings is 2. The Labute approximate surface area is 182 Å². The van der Waals surface area contributed by atoms with Crippen molar-refractivity contribution in [3.63, 3.8) is 0 Å². The zero-order chi connectivity index (χ0) is 22.5. The normalized spacial score (nSPS) is 14.6. The van der Waals surface area contributed by atoms with Crippen LogP contribution in [-0.4, -0.2) is 33.4 Å². The van der Waals surface area contributed by atoms with Gasteiger partial charge in [0.15, 0.2) is 5.65 Å². The highest BCUT2D eigenvalue weighted by molar-refractivity contribution is 7.89. The van der Waals surface area contributed by atoms with E-state index in [2.05, 4.69) is 5.10 Å². The second-order valence-corrected chi connectivity index (χ2v) is 9.55. The standard InChI is InChI=1S/C22H18F2N4O3S/c23-18-10-15(11-19(24)12-18)13-28-22(29)27-8-3-6-20(21(27)25-28)32(30,31)26-9-7-16-4-1-2-5-17(16)14-26/h1-6,8,10-12H,7,9,13-14H2. The van der Waals surface area contributed by atoms with Gasteiger partial charge in [-0.15, -0.1) is 5.10 Å². The van der Waals surface area contributed by atoms with Crippen LogP contribution in [0.25, 0.3) is 5.65 Å². The summed E-state index contributed by atoms with van der Waals surface area (Å²) >= 11 is 0. The fourth-order valence-corrected chi connectivity index (χ4v) is 5.55. The molecule has 0 radical (unpaired) electrons. The summed E-state index contributed by atoms with van der Waals surface area (Å²) in [5.74, 6) is -1.55. The molecule has 32 heavy (non-hydrogen) atoms. The van der Waals surface area contributed by atoms with Crippen molar-refractivity contribution in [3.05, 3.63) is 99.6 Å². The van der Waals surface area contributed by atoms with E-state index in [1.54, 1.807) is 0 Å². The van der Waals surface area contributed by atoms with Crippen LogP contribution in [0.15, 0.2) is 70.5 Å². The van der Waals surface area contributed by atoms with Gasteiger partial charge < -0.3 is 0 Å². The molecule has 5 rings (SSSR count). The first kappa shape index (κ1) is 20.5. The molecule has 0 aliphatic carbocycles. The average molecular weight is 456 g/mol. The van der Waals surface area contributed by atoms with Gasteiger partial charge in [-0.3, -0.25) is 0 Å². The van der Waals surface area contributed by atoms with Crippen LogP contribution in [0, 0.1) is 11.6 Å². The lowest BCUT2D eigenvalue weighted by atomic mass is 10.0. The molecule has 10 heteroatoms. The molecule has 3 heterocycles. The van der Waals surface area contributed by atoms with E-state index < -0.39 is 27.3 Å². The van der Waals surface area contributed by atoms with Gasteiger partial charge in [-0.25, -0.2) is 31.1 Å². The second-order valence-electron chi connectivity index (χ2n) is 7.64. The van der Waals surface area contributed by atoms with Gasteiger partial charge in [-0.1, -0.05) is 24.3 Å². The van der Waals surface area contributed by atoms with Crippen molar-refractivity contribution in [3.8, 4) is 0 Å². The Kier molecular flexibility index (Phi) is 4.90. The summed E-state index contributed by atoms with van der Waals surface area (Å²) < 4.78 is 57.4. The van der Waals surface area contributed by atoms with Crippen molar-refractivity contribution < 1.29 is 17.2 Å². The molecule has 1 aliphatic rings. The van der Waals surface area contributed by atoms with Gasteiger partial charge in [0.1, 0.15) is 16.5 Å². The van der Waals surface area contributed by atoms with Crippen LogP contribution in [0.2, 0.25) is 0 Å². The van der Waals surface area contributed by atoms with Crippen molar-refractivity contribution in [2.24, 2.45) is 0 Å². The summed E-state index contributed by atoms with van der Waals surface area (Å²) in [6.45, 7) is 0.340. The number of aromatic nitrogens is 3. The number of rotatable bonds is 4. The highest BCUT2D eigenvalue weighted by atomic mass is 32.2. The third kappa shape index (κ3) is 3.51. The molecule has 0 saturated heterocycles. The third-order valence-corrected chi connectivity index (χ3v) is 7.41. The molecule has 0 spiro atoms. The molecular weight excluding hydrogens is 438 g/mol. The summed E-state index contributed by atoms with van der Waals surface area (Å²) in [5.41, 5.74) is 1.61. The molecule has 0 N–H and O–H groups in total. The number of hydrogen-bond acceptors (Lipinski definition) is 4. The third-order valence-electron chi connectivity index (χ3n) is 5.54. The maximum Gasteiger partial charge on any atom is 0.350 e. The van der Waals surface area contributed by atoms with Crippen LogP contribution < -0.4 is 5.69 Å². The predicted octanol–water partition coefficient (Wildman–Crippen LogP) is 2.57. The number of sulfonamides is 1. The van der Waals surface area contributed by atoms with E-state index >= 15 is 0 Å². The van der Waals surface area contributed by atoms with Crippen LogP contribution in [0.1, 0.15) is 16.7 Å². The SMILES string of the molecule is O=c1n(Cc2cc(F)cc(F)c2)nc2c(S(=O)(=O)N3CCc4ccccc4C3)cccn12. The van der Waals surface area contributed by atoms with Gasteiger partial charge >= 0.3 is 5.69 Å². The zero-order valence-electron chi connectivity index (χ0n) is 16.8. The number of pyridine rings is 1. The first-order valence-corrected chi connectivity index (χ1v) is 11.4. The molecule has 0 amide bonds. The second kappa shape index (κ2) is 7.64. The number of hydrogen-bond donors (Lipinski definition) is 0. The summed E-state index contributed by atoms with van der Waals surface area (Å²) in [6.07, 6.45) is 2.00. The van der Waals surface area contributed by atoms with E-state index in [9.17, 15) is 22.0 Å². The molecule has 0 saturated carbocycles. The monoisotopic (exact) mass is 456 g/mol. The van der Waals surface area contributed by atoms with E-state index in [0.29, 0.717) is 13.0 Å². The average Bonchev–Trinajstić information content (AvgIpc) is 3.08. The first-order chi connectivity index (χ1) is 15.3. The highest BCUT2D eigenvalue weighted by Crippen LogP contribution is 2.26. The number of fused-ring (bicyclic) bond motifs is 2. The van der Waals surface area contributed by atoms with Gasteiger partial charge in [0.05, 0.1) is 6.54 Å². The van der Waals surface area contributed by atoms with Crippen LogP contribution in [0.5, 0.6) is 0 Å². The Balaban J connectivity index is 1.55. The van der Waals surface area contributed by atoms with Crippen LogP contribution in [0.4, 0.5) is 8.78 Å². The van der Waals surface area contributed by atoms with E-state index in [1.807, 2.05) is 24.3 Å². The van der Waals surface area contributed by atoms with Crippen LogP contribution >= 0.6 is 0 Å². The zero-order valence-corrected chi connectivity index (χ0v) is 17.6. The maximum atomic E-state index is 13.5. The molecule has 0 atom stereocenters. The fourth-order valence-electron chi connectivity index (χ4n) is 4.01. The van der Waals surface area contributed by atoms with Gasteiger partial charge in [-0.05, 0) is 47.4 Å². The van der Waals surface area contributed by atoms with Crippen molar-refractivity contribution in [2.45, 2.75) is 24.4 Å². The Morgan fingerprint density at radius 1 is 0.969 bits per heavy atom. The molecule has 0 bridgehead atoms. The molecule has 2 aromatic carbocycles. The topological polar surface area (TPSA) is 76.7 Å². The molecule has 0 unspecified atom stereocenters. The molecule has 7 nitrogen and oxygen atoms in total. The lowest BCUT2D eigenvalue weighted by molar-refractivity contribution is 0.391. The largest absolute Gasteiger partial charge is 0.350 e. The van der Waals surface area contributed by atoms with Crippen LogP contribution in [-0.2, 0) is 29.5 Å². The van der Waals surface area contributed by atoms with Crippen molar-refractivity contribution in [1.82, 2.24) is 18.5 Å². The summed E-state index contributed by atoms with van der Waals surface area (Å²) in [4.78, 5) is 12.7. The molecule has 0 fully saturated rings. The molecule has 1 aliphatic heterocycles. The summed E-state index contributed by atoms with van der Waals surface area (Å²) in [5, 5.41) is 4.19. The summed E-state index contributed by atoms with van der Waals surface area (Å²) in [7, 11) is -3.94. The minimum absolute atomic E-state index is 0.0340. The maximum absolute atomic E-state index is 13.5. The smallest absolute Gasteiger partial charge is 0.249 e.